The van der Waals surface area contributed by atoms with E-state index in [0.717, 1.165) is 16.9 Å². The number of aromatic nitrogens is 1. The van der Waals surface area contributed by atoms with Gasteiger partial charge in [-0.25, -0.2) is 4.98 Å². The summed E-state index contributed by atoms with van der Waals surface area (Å²) in [6.07, 6.45) is 6.83. The molecular formula is C12H13BrN2. The summed E-state index contributed by atoms with van der Waals surface area (Å²) in [7, 11) is 0. The van der Waals surface area contributed by atoms with Crippen molar-refractivity contribution in [2.24, 2.45) is 5.92 Å². The van der Waals surface area contributed by atoms with E-state index in [1.807, 2.05) is 12.3 Å². The lowest BCUT2D eigenvalue weighted by Gasteiger charge is -2.08. The predicted molar refractivity (Wildman–Crippen MR) is 64.4 cm³/mol. The molecule has 2 nitrogen and oxygen atoms in total. The fourth-order valence-corrected chi connectivity index (χ4v) is 2.79. The summed E-state index contributed by atoms with van der Waals surface area (Å²) < 4.78 is 0.906. The Hall–Kier alpha value is -0.670. The normalized spacial score (nSPS) is 29.0. The molecule has 78 valence electrons. The van der Waals surface area contributed by atoms with Gasteiger partial charge < -0.3 is 5.32 Å². The topological polar surface area (TPSA) is 24.9 Å². The smallest absolute Gasteiger partial charge is 0.106 e. The standard InChI is InChI=1S/C12H13BrN2/c13-12-2-1-9(7-15-12)10-5-8-3-4-14-11(8)6-10/h1-2,5,7-8,11,14H,3-4,6H2. The molecule has 15 heavy (non-hydrogen) atoms. The molecule has 2 heterocycles. The Labute approximate surface area is 97.9 Å². The molecule has 1 aliphatic carbocycles. The fourth-order valence-electron chi connectivity index (χ4n) is 2.55. The third-order valence-electron chi connectivity index (χ3n) is 3.35. The van der Waals surface area contributed by atoms with Crippen LogP contribution < -0.4 is 5.32 Å². The number of nitrogens with zero attached hydrogens (tertiary/aromatic N) is 1. The maximum absolute atomic E-state index is 4.27. The Balaban J connectivity index is 1.87. The molecule has 1 saturated heterocycles. The molecule has 1 aromatic rings. The zero-order valence-electron chi connectivity index (χ0n) is 8.41. The van der Waals surface area contributed by atoms with Crippen molar-refractivity contribution in [2.75, 3.05) is 6.54 Å². The van der Waals surface area contributed by atoms with Crippen LogP contribution in [0.2, 0.25) is 0 Å². The first-order valence-corrected chi connectivity index (χ1v) is 6.18. The zero-order chi connectivity index (χ0) is 10.3. The van der Waals surface area contributed by atoms with Crippen molar-refractivity contribution in [3.05, 3.63) is 34.6 Å². The van der Waals surface area contributed by atoms with Gasteiger partial charge in [-0.1, -0.05) is 12.1 Å². The minimum absolute atomic E-state index is 0.684. The minimum atomic E-state index is 0.684. The third kappa shape index (κ3) is 1.74. The average Bonchev–Trinajstić information content (AvgIpc) is 2.78. The number of nitrogens with one attached hydrogen (secondary N) is 1. The molecule has 2 unspecified atom stereocenters. The molecule has 3 heteroatoms. The molecule has 0 spiro atoms. The molecule has 0 saturated carbocycles. The summed E-state index contributed by atoms with van der Waals surface area (Å²) in [5.41, 5.74) is 2.73. The van der Waals surface area contributed by atoms with Crippen LogP contribution in [0.15, 0.2) is 29.0 Å². The highest BCUT2D eigenvalue weighted by atomic mass is 79.9. The lowest BCUT2D eigenvalue weighted by atomic mass is 10.1. The highest BCUT2D eigenvalue weighted by molar-refractivity contribution is 9.10. The Morgan fingerprint density at radius 1 is 1.40 bits per heavy atom. The van der Waals surface area contributed by atoms with E-state index in [2.05, 4.69) is 38.4 Å². The molecular weight excluding hydrogens is 252 g/mol. The SMILES string of the molecule is Brc1ccc(C2=CC3CCNC3C2)cn1. The van der Waals surface area contributed by atoms with Gasteiger partial charge in [-0.15, -0.1) is 0 Å². The van der Waals surface area contributed by atoms with Crippen LogP contribution in [0.5, 0.6) is 0 Å². The summed E-state index contributed by atoms with van der Waals surface area (Å²) >= 11 is 3.36. The van der Waals surface area contributed by atoms with Crippen molar-refractivity contribution in [3.8, 4) is 0 Å². The van der Waals surface area contributed by atoms with Gasteiger partial charge >= 0.3 is 0 Å². The van der Waals surface area contributed by atoms with E-state index in [9.17, 15) is 0 Å². The number of pyridine rings is 1. The van der Waals surface area contributed by atoms with Crippen molar-refractivity contribution in [1.29, 1.82) is 0 Å². The van der Waals surface area contributed by atoms with Crippen molar-refractivity contribution in [3.63, 3.8) is 0 Å². The maximum atomic E-state index is 4.27. The molecule has 0 bridgehead atoms. The highest BCUT2D eigenvalue weighted by Gasteiger charge is 2.31. The predicted octanol–water partition coefficient (Wildman–Crippen LogP) is 2.61. The zero-order valence-corrected chi connectivity index (χ0v) is 10.00. The average molecular weight is 265 g/mol. The monoisotopic (exact) mass is 264 g/mol. The molecule has 1 aliphatic heterocycles. The van der Waals surface area contributed by atoms with Gasteiger partial charge in [0.1, 0.15) is 4.60 Å². The molecule has 0 amide bonds. The third-order valence-corrected chi connectivity index (χ3v) is 3.82. The second-order valence-electron chi connectivity index (χ2n) is 4.28. The number of fused-ring (bicyclic) bond motifs is 1. The van der Waals surface area contributed by atoms with E-state index in [-0.39, 0.29) is 0 Å². The lowest BCUT2D eigenvalue weighted by Crippen LogP contribution is -2.22. The summed E-state index contributed by atoms with van der Waals surface area (Å²) in [4.78, 5) is 4.27. The Kier molecular flexibility index (Phi) is 2.37. The molecule has 0 radical (unpaired) electrons. The van der Waals surface area contributed by atoms with Gasteiger partial charge in [-0.05, 0) is 58.4 Å². The van der Waals surface area contributed by atoms with Crippen LogP contribution in [-0.4, -0.2) is 17.6 Å². The quantitative estimate of drug-likeness (QED) is 0.789. The molecule has 1 fully saturated rings. The summed E-state index contributed by atoms with van der Waals surface area (Å²) in [6, 6.07) is 4.84. The minimum Gasteiger partial charge on any atom is -0.313 e. The van der Waals surface area contributed by atoms with Gasteiger partial charge in [0.05, 0.1) is 0 Å². The van der Waals surface area contributed by atoms with Crippen LogP contribution in [0.3, 0.4) is 0 Å². The van der Waals surface area contributed by atoms with Crippen LogP contribution in [0.4, 0.5) is 0 Å². The first-order valence-electron chi connectivity index (χ1n) is 5.39. The second kappa shape index (κ2) is 3.72. The van der Waals surface area contributed by atoms with Crippen LogP contribution in [0.1, 0.15) is 18.4 Å². The number of hydrogen-bond acceptors (Lipinski definition) is 2. The van der Waals surface area contributed by atoms with E-state index in [1.165, 1.54) is 24.1 Å². The van der Waals surface area contributed by atoms with Crippen molar-refractivity contribution in [1.82, 2.24) is 10.3 Å². The highest BCUT2D eigenvalue weighted by Crippen LogP contribution is 2.35. The summed E-state index contributed by atoms with van der Waals surface area (Å²) in [5.74, 6) is 0.753. The van der Waals surface area contributed by atoms with E-state index in [0.29, 0.717) is 6.04 Å². The molecule has 1 aromatic heterocycles. The largest absolute Gasteiger partial charge is 0.313 e. The molecule has 2 atom stereocenters. The van der Waals surface area contributed by atoms with Crippen LogP contribution >= 0.6 is 15.9 Å². The van der Waals surface area contributed by atoms with Gasteiger partial charge in [0.15, 0.2) is 0 Å². The lowest BCUT2D eigenvalue weighted by molar-refractivity contribution is 0.563. The van der Waals surface area contributed by atoms with Crippen molar-refractivity contribution >= 4 is 21.5 Å². The summed E-state index contributed by atoms with van der Waals surface area (Å²) in [5, 5.41) is 3.55. The van der Waals surface area contributed by atoms with Crippen LogP contribution in [0.25, 0.3) is 5.57 Å². The summed E-state index contributed by atoms with van der Waals surface area (Å²) in [6.45, 7) is 1.18. The molecule has 0 aromatic carbocycles. The molecule has 2 aliphatic rings. The van der Waals surface area contributed by atoms with Gasteiger partial charge in [0, 0.05) is 12.2 Å². The van der Waals surface area contributed by atoms with Gasteiger partial charge in [0.25, 0.3) is 0 Å². The molecule has 3 rings (SSSR count). The van der Waals surface area contributed by atoms with Gasteiger partial charge in [-0.3, -0.25) is 0 Å². The Morgan fingerprint density at radius 3 is 3.07 bits per heavy atom. The van der Waals surface area contributed by atoms with Crippen molar-refractivity contribution in [2.45, 2.75) is 18.9 Å². The maximum Gasteiger partial charge on any atom is 0.106 e. The number of halogens is 1. The number of hydrogen-bond donors (Lipinski definition) is 1. The van der Waals surface area contributed by atoms with Crippen LogP contribution in [0, 0.1) is 5.92 Å². The van der Waals surface area contributed by atoms with E-state index in [1.54, 1.807) is 0 Å². The first-order chi connectivity index (χ1) is 7.33. The Bertz CT molecular complexity index is 397. The molecule has 1 N–H and O–H groups in total. The first kappa shape index (κ1) is 9.55. The fraction of sp³-hybridized carbons (Fsp3) is 0.417. The second-order valence-corrected chi connectivity index (χ2v) is 5.09. The van der Waals surface area contributed by atoms with Gasteiger partial charge in [-0.2, -0.15) is 0 Å². The van der Waals surface area contributed by atoms with Crippen LogP contribution in [-0.2, 0) is 0 Å². The van der Waals surface area contributed by atoms with Gasteiger partial charge in [0.2, 0.25) is 0 Å². The van der Waals surface area contributed by atoms with E-state index < -0.39 is 0 Å². The Morgan fingerprint density at radius 2 is 2.33 bits per heavy atom. The number of rotatable bonds is 1. The van der Waals surface area contributed by atoms with Crippen molar-refractivity contribution < 1.29 is 0 Å². The van der Waals surface area contributed by atoms with E-state index >= 15 is 0 Å². The van der Waals surface area contributed by atoms with E-state index in [4.69, 9.17) is 0 Å².